The molecule has 1 aliphatic carbocycles. The first-order valence-corrected chi connectivity index (χ1v) is 13.0. The summed E-state index contributed by atoms with van der Waals surface area (Å²) in [4.78, 5) is 13.3. The van der Waals surface area contributed by atoms with Crippen molar-refractivity contribution in [3.63, 3.8) is 0 Å². The number of aryl methyl sites for hydroxylation is 1. The summed E-state index contributed by atoms with van der Waals surface area (Å²) in [6.45, 7) is 3.41. The maximum Gasteiger partial charge on any atom is 0.262 e. The summed E-state index contributed by atoms with van der Waals surface area (Å²) in [5.74, 6) is 1.67. The lowest BCUT2D eigenvalue weighted by Gasteiger charge is -2.22. The predicted molar refractivity (Wildman–Crippen MR) is 139 cm³/mol. The molecule has 0 bridgehead atoms. The van der Waals surface area contributed by atoms with E-state index in [2.05, 4.69) is 12.2 Å². The van der Waals surface area contributed by atoms with Crippen LogP contribution in [0.25, 0.3) is 16.5 Å². The first kappa shape index (κ1) is 23.9. The Morgan fingerprint density at radius 3 is 2.74 bits per heavy atom. The maximum atomic E-state index is 13.3. The van der Waals surface area contributed by atoms with Crippen LogP contribution in [0.1, 0.15) is 50.5 Å². The fourth-order valence-electron chi connectivity index (χ4n) is 5.26. The zero-order valence-corrected chi connectivity index (χ0v) is 20.8. The van der Waals surface area contributed by atoms with E-state index in [4.69, 9.17) is 14.2 Å². The van der Waals surface area contributed by atoms with Gasteiger partial charge in [0.1, 0.15) is 24.2 Å². The highest BCUT2D eigenvalue weighted by Crippen LogP contribution is 2.27. The van der Waals surface area contributed by atoms with Crippen molar-refractivity contribution in [3.05, 3.63) is 64.6 Å². The monoisotopic (exact) mass is 476 g/mol. The van der Waals surface area contributed by atoms with Gasteiger partial charge in [-0.2, -0.15) is 0 Å². The molecule has 6 nitrogen and oxygen atoms in total. The zero-order chi connectivity index (χ0) is 24.2. The fourth-order valence-corrected chi connectivity index (χ4v) is 5.26. The smallest absolute Gasteiger partial charge is 0.262 e. The molecule has 1 aliphatic heterocycles. The van der Waals surface area contributed by atoms with Gasteiger partial charge in [-0.05, 0) is 106 Å². The van der Waals surface area contributed by atoms with Crippen LogP contribution in [0, 0.1) is 6.92 Å². The molecule has 1 saturated heterocycles. The van der Waals surface area contributed by atoms with Gasteiger partial charge in [0.2, 0.25) is 0 Å². The molecule has 3 aromatic rings. The van der Waals surface area contributed by atoms with Crippen molar-refractivity contribution in [1.29, 1.82) is 0 Å². The van der Waals surface area contributed by atoms with Crippen molar-refractivity contribution < 1.29 is 14.2 Å². The van der Waals surface area contributed by atoms with Crippen molar-refractivity contribution in [1.82, 2.24) is 9.88 Å². The van der Waals surface area contributed by atoms with Crippen molar-refractivity contribution in [2.45, 2.75) is 70.1 Å². The molecule has 1 aromatic heterocycles. The van der Waals surface area contributed by atoms with Crippen LogP contribution < -0.4 is 20.3 Å². The number of ether oxygens (including phenoxy) is 3. The second-order valence-electron chi connectivity index (χ2n) is 9.88. The van der Waals surface area contributed by atoms with Gasteiger partial charge in [-0.25, -0.2) is 0 Å². The summed E-state index contributed by atoms with van der Waals surface area (Å²) < 4.78 is 19.7. The van der Waals surface area contributed by atoms with E-state index in [0.717, 1.165) is 60.4 Å². The number of rotatable bonds is 7. The lowest BCUT2D eigenvalue weighted by Crippen LogP contribution is -2.30. The minimum absolute atomic E-state index is 0.0399. The van der Waals surface area contributed by atoms with Gasteiger partial charge in [0.15, 0.2) is 0 Å². The average Bonchev–Trinajstić information content (AvgIpc) is 3.29. The minimum atomic E-state index is -0.0399. The normalized spacial score (nSPS) is 22.7. The number of fused-ring (bicyclic) bond motifs is 1. The molecule has 1 N–H and O–H groups in total. The lowest BCUT2D eigenvalue weighted by atomic mass is 10.1. The van der Waals surface area contributed by atoms with Gasteiger partial charge in [0.25, 0.3) is 5.56 Å². The van der Waals surface area contributed by atoms with E-state index in [1.165, 1.54) is 19.3 Å². The van der Waals surface area contributed by atoms with Gasteiger partial charge < -0.3 is 19.5 Å². The highest BCUT2D eigenvalue weighted by Gasteiger charge is 2.21. The Morgan fingerprint density at radius 2 is 1.94 bits per heavy atom. The zero-order valence-electron chi connectivity index (χ0n) is 20.8. The van der Waals surface area contributed by atoms with E-state index in [-0.39, 0.29) is 17.8 Å². The Labute approximate surface area is 207 Å². The molecule has 6 heteroatoms. The van der Waals surface area contributed by atoms with Crippen molar-refractivity contribution >= 4 is 10.8 Å². The Bertz CT molecular complexity index is 1220. The van der Waals surface area contributed by atoms with Crippen LogP contribution in [-0.2, 0) is 4.74 Å². The molecule has 35 heavy (non-hydrogen) atoms. The molecule has 2 aliphatic rings. The molecule has 2 aromatic carbocycles. The third-order valence-corrected chi connectivity index (χ3v) is 7.35. The lowest BCUT2D eigenvalue weighted by molar-refractivity contribution is 0.0680. The van der Waals surface area contributed by atoms with Gasteiger partial charge in [-0.3, -0.25) is 9.36 Å². The van der Waals surface area contributed by atoms with Crippen LogP contribution >= 0.6 is 0 Å². The number of nitrogens with zero attached hydrogens (tertiary/aromatic N) is 1. The van der Waals surface area contributed by atoms with Crippen LogP contribution in [0.3, 0.4) is 0 Å². The summed E-state index contributed by atoms with van der Waals surface area (Å²) in [6, 6.07) is 14.2. The molecular weight excluding hydrogens is 440 g/mol. The average molecular weight is 477 g/mol. The number of benzene rings is 2. The van der Waals surface area contributed by atoms with Crippen molar-refractivity contribution in [3.8, 4) is 17.2 Å². The topological polar surface area (TPSA) is 61.7 Å². The predicted octanol–water partition coefficient (Wildman–Crippen LogP) is 5.16. The Kier molecular flexibility index (Phi) is 7.40. The first-order chi connectivity index (χ1) is 17.1. The summed E-state index contributed by atoms with van der Waals surface area (Å²) in [6.07, 6.45) is 10.1. The van der Waals surface area contributed by atoms with Crippen LogP contribution in [0.5, 0.6) is 11.5 Å². The molecule has 0 amide bonds. The molecule has 0 spiro atoms. The van der Waals surface area contributed by atoms with Crippen molar-refractivity contribution in [2.24, 2.45) is 0 Å². The first-order valence-electron chi connectivity index (χ1n) is 13.0. The second kappa shape index (κ2) is 10.8. The molecule has 1 unspecified atom stereocenters. The molecule has 0 radical (unpaired) electrons. The van der Waals surface area contributed by atoms with Gasteiger partial charge in [-0.1, -0.05) is 6.42 Å². The standard InChI is InChI=1S/C29H36N2O4/c1-20-16-23(9-12-28(20)35-25-7-4-3-6-22(18-25)30-2)31-14-13-21-17-24(10-11-27(21)29(31)32)34-19-26-8-5-15-33-26/h9-14,16-17,22,25-26,30H,3-8,15,18-19H2,1-2H3/t22?,25-,26+/m0/s1. The molecular formula is C29H36N2O4. The van der Waals surface area contributed by atoms with Crippen LogP contribution in [0.4, 0.5) is 0 Å². The highest BCUT2D eigenvalue weighted by atomic mass is 16.5. The number of hydrogen-bond acceptors (Lipinski definition) is 5. The molecule has 5 rings (SSSR count). The molecule has 3 atom stereocenters. The van der Waals surface area contributed by atoms with E-state index in [1.54, 1.807) is 4.57 Å². The molecule has 186 valence electrons. The van der Waals surface area contributed by atoms with Gasteiger partial charge in [0.05, 0.1) is 6.10 Å². The Balaban J connectivity index is 1.32. The van der Waals surface area contributed by atoms with E-state index in [9.17, 15) is 4.79 Å². The number of nitrogens with one attached hydrogen (secondary N) is 1. The van der Waals surface area contributed by atoms with Gasteiger partial charge in [-0.15, -0.1) is 0 Å². The maximum absolute atomic E-state index is 13.3. The van der Waals surface area contributed by atoms with Crippen LogP contribution in [-0.4, -0.2) is 43.1 Å². The largest absolute Gasteiger partial charge is 0.491 e. The third-order valence-electron chi connectivity index (χ3n) is 7.35. The summed E-state index contributed by atoms with van der Waals surface area (Å²) >= 11 is 0. The van der Waals surface area contributed by atoms with Crippen LogP contribution in [0.15, 0.2) is 53.5 Å². The summed E-state index contributed by atoms with van der Waals surface area (Å²) in [7, 11) is 2.04. The number of aromatic nitrogens is 1. The Hall–Kier alpha value is -2.83. The summed E-state index contributed by atoms with van der Waals surface area (Å²) in [5, 5.41) is 4.97. The molecule has 2 fully saturated rings. The number of pyridine rings is 1. The minimum Gasteiger partial charge on any atom is -0.491 e. The number of hydrogen-bond donors (Lipinski definition) is 1. The van der Waals surface area contributed by atoms with E-state index in [0.29, 0.717) is 18.0 Å². The van der Waals surface area contributed by atoms with E-state index in [1.807, 2.05) is 55.7 Å². The van der Waals surface area contributed by atoms with E-state index < -0.39 is 0 Å². The quantitative estimate of drug-likeness (QED) is 0.478. The van der Waals surface area contributed by atoms with Gasteiger partial charge >= 0.3 is 0 Å². The second-order valence-corrected chi connectivity index (χ2v) is 9.88. The highest BCUT2D eigenvalue weighted by molar-refractivity contribution is 5.83. The van der Waals surface area contributed by atoms with Gasteiger partial charge in [0, 0.05) is 29.9 Å². The van der Waals surface area contributed by atoms with Crippen LogP contribution in [0.2, 0.25) is 0 Å². The third kappa shape index (κ3) is 5.54. The SMILES string of the molecule is CNC1CCCC[C@H](Oc2ccc(-n3ccc4cc(OC[C@H]5CCCO5)ccc4c3=O)cc2C)C1. The summed E-state index contributed by atoms with van der Waals surface area (Å²) in [5.41, 5.74) is 1.84. The molecule has 2 heterocycles. The fraction of sp³-hybridized carbons (Fsp3) is 0.483. The Morgan fingerprint density at radius 1 is 1.06 bits per heavy atom. The molecule has 1 saturated carbocycles. The van der Waals surface area contributed by atoms with E-state index >= 15 is 0 Å². The van der Waals surface area contributed by atoms with Crippen molar-refractivity contribution in [2.75, 3.05) is 20.3 Å².